The molecule has 1 rings (SSSR count). The van der Waals surface area contributed by atoms with Crippen molar-refractivity contribution < 1.29 is 19.2 Å². The van der Waals surface area contributed by atoms with Gasteiger partial charge in [0.15, 0.2) is 11.6 Å². The Kier molecular flexibility index (Phi) is 14.7. The first-order valence-electron chi connectivity index (χ1n) is 14.1. The molecule has 4 N–H and O–H groups in total. The lowest BCUT2D eigenvalue weighted by molar-refractivity contribution is -0.122. The summed E-state index contributed by atoms with van der Waals surface area (Å²) >= 11 is 0. The topological polar surface area (TPSA) is 116 Å². The first kappa shape index (κ1) is 33.1. The number of benzene rings is 1. The van der Waals surface area contributed by atoms with Crippen LogP contribution in [0.25, 0.3) is 0 Å². The van der Waals surface area contributed by atoms with E-state index in [-0.39, 0.29) is 23.4 Å². The molecule has 2 atom stereocenters. The SMILES string of the molecule is CC(C)CCC(=O)[C@H](CC(C)C)NC(=O)Nc1ccc(NC(=O)N[C@@H](CC(C)C)C(=O)CCC(C)C)cc1. The molecule has 0 unspecified atom stereocenters. The van der Waals surface area contributed by atoms with Crippen LogP contribution in [0.15, 0.2) is 24.3 Å². The highest BCUT2D eigenvalue weighted by atomic mass is 16.2. The van der Waals surface area contributed by atoms with Gasteiger partial charge in [-0.15, -0.1) is 0 Å². The Morgan fingerprint density at radius 2 is 0.868 bits per heavy atom. The molecule has 8 nitrogen and oxygen atoms in total. The lowest BCUT2D eigenvalue weighted by atomic mass is 9.95. The maximum atomic E-state index is 12.7. The highest BCUT2D eigenvalue weighted by Gasteiger charge is 2.23. The molecule has 0 bridgehead atoms. The molecule has 0 aliphatic carbocycles. The van der Waals surface area contributed by atoms with E-state index in [0.717, 1.165) is 12.8 Å². The number of rotatable bonds is 16. The van der Waals surface area contributed by atoms with Crippen molar-refractivity contribution in [1.29, 1.82) is 0 Å². The zero-order chi connectivity index (χ0) is 28.8. The fraction of sp³-hybridized carbons (Fsp3) is 0.667. The maximum absolute atomic E-state index is 12.7. The third-order valence-corrected chi connectivity index (χ3v) is 6.14. The van der Waals surface area contributed by atoms with Gasteiger partial charge < -0.3 is 21.3 Å². The molecule has 214 valence electrons. The number of anilines is 2. The van der Waals surface area contributed by atoms with Crippen molar-refractivity contribution in [3.8, 4) is 0 Å². The molecule has 0 aliphatic heterocycles. The number of hydrogen-bond acceptors (Lipinski definition) is 4. The molecule has 1 aromatic carbocycles. The Bertz CT molecular complexity index is 821. The van der Waals surface area contributed by atoms with Crippen molar-refractivity contribution >= 4 is 35.0 Å². The molecule has 0 saturated carbocycles. The van der Waals surface area contributed by atoms with Crippen LogP contribution >= 0.6 is 0 Å². The van der Waals surface area contributed by atoms with Gasteiger partial charge in [-0.25, -0.2) is 9.59 Å². The van der Waals surface area contributed by atoms with E-state index in [1.54, 1.807) is 24.3 Å². The number of amides is 4. The summed E-state index contributed by atoms with van der Waals surface area (Å²) in [7, 11) is 0. The van der Waals surface area contributed by atoms with Crippen molar-refractivity contribution in [2.24, 2.45) is 23.7 Å². The standard InChI is InChI=1S/C30H50N4O4/c1-19(2)9-15-27(35)25(17-21(5)6)33-29(37)31-23-11-13-24(14-12-23)32-30(38)34-26(18-22(7)8)28(36)16-10-20(3)4/h11-14,19-22,25-26H,9-10,15-18H2,1-8H3,(H2,31,33,37)(H2,32,34,38)/t25-,26-/m0/s1. The van der Waals surface area contributed by atoms with Crippen molar-refractivity contribution in [2.75, 3.05) is 10.6 Å². The number of carbonyl (C=O) groups is 4. The smallest absolute Gasteiger partial charge is 0.319 e. The van der Waals surface area contributed by atoms with Gasteiger partial charge in [0.2, 0.25) is 0 Å². The molecule has 0 radical (unpaired) electrons. The molecular formula is C30H50N4O4. The van der Waals surface area contributed by atoms with Gasteiger partial charge in [-0.05, 0) is 73.6 Å². The summed E-state index contributed by atoms with van der Waals surface area (Å²) in [6, 6.07) is 4.76. The summed E-state index contributed by atoms with van der Waals surface area (Å²) in [6.07, 6.45) is 3.64. The zero-order valence-corrected chi connectivity index (χ0v) is 24.6. The predicted octanol–water partition coefficient (Wildman–Crippen LogP) is 6.77. The lowest BCUT2D eigenvalue weighted by Crippen LogP contribution is -2.44. The van der Waals surface area contributed by atoms with E-state index in [0.29, 0.717) is 48.9 Å². The summed E-state index contributed by atoms with van der Waals surface area (Å²) in [5.41, 5.74) is 1.07. The van der Waals surface area contributed by atoms with Gasteiger partial charge >= 0.3 is 12.1 Å². The summed E-state index contributed by atoms with van der Waals surface area (Å²) in [6.45, 7) is 16.4. The van der Waals surface area contributed by atoms with Crippen LogP contribution in [-0.4, -0.2) is 35.7 Å². The molecule has 8 heteroatoms. The fourth-order valence-corrected chi connectivity index (χ4v) is 3.98. The number of nitrogens with one attached hydrogen (secondary N) is 4. The van der Waals surface area contributed by atoms with Gasteiger partial charge in [0, 0.05) is 24.2 Å². The van der Waals surface area contributed by atoms with E-state index in [1.807, 2.05) is 27.7 Å². The predicted molar refractivity (Wildman–Crippen MR) is 155 cm³/mol. The van der Waals surface area contributed by atoms with Gasteiger partial charge in [-0.2, -0.15) is 0 Å². The van der Waals surface area contributed by atoms with E-state index in [2.05, 4.69) is 49.0 Å². The van der Waals surface area contributed by atoms with Crippen molar-refractivity contribution in [3.63, 3.8) is 0 Å². The average Bonchev–Trinajstić information content (AvgIpc) is 2.80. The second-order valence-corrected chi connectivity index (χ2v) is 11.9. The van der Waals surface area contributed by atoms with Crippen LogP contribution in [-0.2, 0) is 9.59 Å². The zero-order valence-electron chi connectivity index (χ0n) is 24.6. The van der Waals surface area contributed by atoms with E-state index < -0.39 is 24.1 Å². The van der Waals surface area contributed by atoms with Gasteiger partial charge in [-0.3, -0.25) is 9.59 Å². The summed E-state index contributed by atoms with van der Waals surface area (Å²) in [5.74, 6) is 1.48. The summed E-state index contributed by atoms with van der Waals surface area (Å²) in [4.78, 5) is 50.5. The minimum absolute atomic E-state index is 0.0477. The Labute approximate surface area is 229 Å². The molecule has 0 saturated heterocycles. The Morgan fingerprint density at radius 1 is 0.553 bits per heavy atom. The number of Topliss-reactive ketones (excluding diaryl/α,β-unsaturated/α-hetero) is 2. The van der Waals surface area contributed by atoms with Crippen LogP contribution in [0.5, 0.6) is 0 Å². The molecule has 0 aromatic heterocycles. The molecule has 0 heterocycles. The summed E-state index contributed by atoms with van der Waals surface area (Å²) < 4.78 is 0. The van der Waals surface area contributed by atoms with Crippen LogP contribution in [0, 0.1) is 23.7 Å². The monoisotopic (exact) mass is 530 g/mol. The normalized spacial score (nSPS) is 12.9. The first-order valence-corrected chi connectivity index (χ1v) is 14.1. The van der Waals surface area contributed by atoms with Crippen LogP contribution in [0.4, 0.5) is 21.0 Å². The Morgan fingerprint density at radius 3 is 1.13 bits per heavy atom. The highest BCUT2D eigenvalue weighted by molar-refractivity contribution is 5.96. The van der Waals surface area contributed by atoms with Crippen LogP contribution in [0.1, 0.15) is 93.9 Å². The largest absolute Gasteiger partial charge is 0.328 e. The van der Waals surface area contributed by atoms with Crippen molar-refractivity contribution in [2.45, 2.75) is 106 Å². The van der Waals surface area contributed by atoms with Gasteiger partial charge in [-0.1, -0.05) is 55.4 Å². The molecule has 0 fully saturated rings. The third-order valence-electron chi connectivity index (χ3n) is 6.14. The quantitative estimate of drug-likeness (QED) is 0.189. The second-order valence-electron chi connectivity index (χ2n) is 11.9. The lowest BCUT2D eigenvalue weighted by Gasteiger charge is -2.21. The van der Waals surface area contributed by atoms with E-state index in [1.165, 1.54) is 0 Å². The third kappa shape index (κ3) is 14.1. The van der Waals surface area contributed by atoms with Crippen LogP contribution in [0.2, 0.25) is 0 Å². The fourth-order valence-electron chi connectivity index (χ4n) is 3.98. The molecule has 38 heavy (non-hydrogen) atoms. The van der Waals surface area contributed by atoms with Gasteiger partial charge in [0.25, 0.3) is 0 Å². The van der Waals surface area contributed by atoms with E-state index in [9.17, 15) is 19.2 Å². The number of urea groups is 2. The van der Waals surface area contributed by atoms with Gasteiger partial charge in [0.05, 0.1) is 12.1 Å². The Balaban J connectivity index is 2.70. The van der Waals surface area contributed by atoms with E-state index >= 15 is 0 Å². The summed E-state index contributed by atoms with van der Waals surface area (Å²) in [5, 5.41) is 11.2. The second kappa shape index (κ2) is 16.8. The van der Waals surface area contributed by atoms with Crippen molar-refractivity contribution in [1.82, 2.24) is 10.6 Å². The number of ketones is 2. The molecule has 4 amide bonds. The number of carbonyl (C=O) groups excluding carboxylic acids is 4. The van der Waals surface area contributed by atoms with E-state index in [4.69, 9.17) is 0 Å². The average molecular weight is 531 g/mol. The molecular weight excluding hydrogens is 480 g/mol. The minimum Gasteiger partial charge on any atom is -0.328 e. The van der Waals surface area contributed by atoms with Crippen LogP contribution in [0.3, 0.4) is 0 Å². The maximum Gasteiger partial charge on any atom is 0.319 e. The number of hydrogen-bond donors (Lipinski definition) is 4. The first-order chi connectivity index (χ1) is 17.8. The Hall–Kier alpha value is -2.90. The highest BCUT2D eigenvalue weighted by Crippen LogP contribution is 2.16. The molecule has 1 aromatic rings. The van der Waals surface area contributed by atoms with Crippen molar-refractivity contribution in [3.05, 3.63) is 24.3 Å². The van der Waals surface area contributed by atoms with Gasteiger partial charge in [0.1, 0.15) is 0 Å². The molecule has 0 aliphatic rings. The van der Waals surface area contributed by atoms with Crippen LogP contribution < -0.4 is 21.3 Å². The molecule has 0 spiro atoms. The minimum atomic E-state index is -0.527.